The number of carbonyl (C=O) groups excluding carboxylic acids is 1. The van der Waals surface area contributed by atoms with Crippen LogP contribution in [0.1, 0.15) is 28.8 Å². The van der Waals surface area contributed by atoms with Crippen LogP contribution in [0.4, 0.5) is 5.13 Å². The third kappa shape index (κ3) is 3.84. The minimum atomic E-state index is -0.149. The topological polar surface area (TPSA) is 73.1 Å². The summed E-state index contributed by atoms with van der Waals surface area (Å²) in [6.07, 6.45) is 1.72. The van der Waals surface area contributed by atoms with Crippen molar-refractivity contribution in [3.63, 3.8) is 0 Å². The molecule has 148 valence electrons. The first kappa shape index (κ1) is 19.1. The number of aromatic nitrogens is 4. The minimum Gasteiger partial charge on any atom is -0.497 e. The van der Waals surface area contributed by atoms with Crippen LogP contribution in [0.3, 0.4) is 0 Å². The molecule has 0 N–H and O–H groups in total. The fourth-order valence-electron chi connectivity index (χ4n) is 3.11. The molecule has 8 heteroatoms. The SMILES string of the molecule is CCn1nc(C)cc1C(=O)N(Cc1ccccn1)c1nc2ccc(OC)cc2s1. The predicted molar refractivity (Wildman–Crippen MR) is 114 cm³/mol. The Morgan fingerprint density at radius 3 is 2.83 bits per heavy atom. The summed E-state index contributed by atoms with van der Waals surface area (Å²) in [4.78, 5) is 24.3. The summed E-state index contributed by atoms with van der Waals surface area (Å²) in [5, 5.41) is 5.03. The van der Waals surface area contributed by atoms with Gasteiger partial charge in [0.25, 0.3) is 5.91 Å². The number of benzene rings is 1. The summed E-state index contributed by atoms with van der Waals surface area (Å²) in [6.45, 7) is 4.79. The molecule has 0 saturated carbocycles. The van der Waals surface area contributed by atoms with E-state index < -0.39 is 0 Å². The number of hydrogen-bond acceptors (Lipinski definition) is 6. The van der Waals surface area contributed by atoms with Crippen LogP contribution in [0.2, 0.25) is 0 Å². The molecule has 0 saturated heterocycles. The van der Waals surface area contributed by atoms with Crippen molar-refractivity contribution in [3.05, 3.63) is 65.7 Å². The van der Waals surface area contributed by atoms with E-state index in [4.69, 9.17) is 9.72 Å². The van der Waals surface area contributed by atoms with Crippen molar-refractivity contribution < 1.29 is 9.53 Å². The summed E-state index contributed by atoms with van der Waals surface area (Å²) in [7, 11) is 1.63. The molecule has 0 unspecified atom stereocenters. The molecule has 0 radical (unpaired) electrons. The zero-order valence-electron chi connectivity index (χ0n) is 16.5. The lowest BCUT2D eigenvalue weighted by molar-refractivity contribution is 0.0974. The molecule has 3 heterocycles. The van der Waals surface area contributed by atoms with Gasteiger partial charge in [0.15, 0.2) is 5.13 Å². The number of hydrogen-bond donors (Lipinski definition) is 0. The molecule has 29 heavy (non-hydrogen) atoms. The number of fused-ring (bicyclic) bond motifs is 1. The number of nitrogens with zero attached hydrogens (tertiary/aromatic N) is 5. The summed E-state index contributed by atoms with van der Waals surface area (Å²) in [5.41, 5.74) is 2.96. The standard InChI is InChI=1S/C21H21N5O2S/c1-4-26-18(11-14(2)24-26)20(27)25(13-15-7-5-6-10-22-15)21-23-17-9-8-16(28-3)12-19(17)29-21/h5-12H,4,13H2,1-3H3. The molecule has 7 nitrogen and oxygen atoms in total. The molecular formula is C21H21N5O2S. The molecule has 1 amide bonds. The second-order valence-electron chi connectivity index (χ2n) is 6.53. The Kier molecular flexibility index (Phi) is 5.26. The molecule has 4 aromatic rings. The van der Waals surface area contributed by atoms with Gasteiger partial charge in [-0.15, -0.1) is 0 Å². The first-order valence-corrected chi connectivity index (χ1v) is 10.1. The Balaban J connectivity index is 1.78. The van der Waals surface area contributed by atoms with Gasteiger partial charge in [-0.3, -0.25) is 19.4 Å². The van der Waals surface area contributed by atoms with E-state index in [0.717, 1.165) is 27.4 Å². The van der Waals surface area contributed by atoms with Gasteiger partial charge in [0.1, 0.15) is 11.4 Å². The third-order valence-corrected chi connectivity index (χ3v) is 5.57. The number of anilines is 1. The number of pyridine rings is 1. The zero-order chi connectivity index (χ0) is 20.4. The maximum atomic E-state index is 13.5. The van der Waals surface area contributed by atoms with Crippen LogP contribution in [-0.2, 0) is 13.1 Å². The second kappa shape index (κ2) is 8.00. The van der Waals surface area contributed by atoms with Gasteiger partial charge in [-0.2, -0.15) is 5.10 Å². The summed E-state index contributed by atoms with van der Waals surface area (Å²) < 4.78 is 7.99. The average Bonchev–Trinajstić information content (AvgIpc) is 3.34. The Morgan fingerprint density at radius 2 is 2.10 bits per heavy atom. The van der Waals surface area contributed by atoms with Gasteiger partial charge in [-0.05, 0) is 50.2 Å². The Morgan fingerprint density at radius 1 is 1.24 bits per heavy atom. The van der Waals surface area contributed by atoms with E-state index in [1.807, 2.05) is 56.3 Å². The van der Waals surface area contributed by atoms with Crippen molar-refractivity contribution in [1.82, 2.24) is 19.7 Å². The molecule has 0 atom stereocenters. The minimum absolute atomic E-state index is 0.149. The zero-order valence-corrected chi connectivity index (χ0v) is 17.3. The van der Waals surface area contributed by atoms with Crippen molar-refractivity contribution >= 4 is 32.6 Å². The highest BCUT2D eigenvalue weighted by Crippen LogP contribution is 2.33. The normalized spacial score (nSPS) is 11.0. The molecule has 0 aliphatic heterocycles. The number of aryl methyl sites for hydroxylation is 2. The highest BCUT2D eigenvalue weighted by atomic mass is 32.1. The van der Waals surface area contributed by atoms with E-state index >= 15 is 0 Å². The molecule has 1 aromatic carbocycles. The van der Waals surface area contributed by atoms with Gasteiger partial charge in [-0.25, -0.2) is 4.98 Å². The van der Waals surface area contributed by atoms with Gasteiger partial charge < -0.3 is 4.74 Å². The fraction of sp³-hybridized carbons (Fsp3) is 0.238. The van der Waals surface area contributed by atoms with E-state index in [-0.39, 0.29) is 5.91 Å². The van der Waals surface area contributed by atoms with Gasteiger partial charge in [0.2, 0.25) is 0 Å². The van der Waals surface area contributed by atoms with Crippen LogP contribution in [0.25, 0.3) is 10.2 Å². The van der Waals surface area contributed by atoms with Gasteiger partial charge in [0, 0.05) is 12.7 Å². The first-order valence-electron chi connectivity index (χ1n) is 9.30. The van der Waals surface area contributed by atoms with Crippen LogP contribution >= 0.6 is 11.3 Å². The number of amides is 1. The van der Waals surface area contributed by atoms with E-state index in [1.54, 1.807) is 22.9 Å². The van der Waals surface area contributed by atoms with Crippen molar-refractivity contribution in [2.75, 3.05) is 12.0 Å². The van der Waals surface area contributed by atoms with Crippen molar-refractivity contribution in [2.45, 2.75) is 26.9 Å². The van der Waals surface area contributed by atoms with E-state index in [2.05, 4.69) is 10.1 Å². The van der Waals surface area contributed by atoms with Crippen LogP contribution in [-0.4, -0.2) is 32.8 Å². The molecular weight excluding hydrogens is 386 g/mol. The quantitative estimate of drug-likeness (QED) is 0.482. The van der Waals surface area contributed by atoms with E-state index in [1.165, 1.54) is 11.3 Å². The maximum Gasteiger partial charge on any atom is 0.278 e. The molecule has 0 fully saturated rings. The molecule has 4 rings (SSSR count). The van der Waals surface area contributed by atoms with E-state index in [0.29, 0.717) is 23.9 Å². The highest BCUT2D eigenvalue weighted by molar-refractivity contribution is 7.22. The predicted octanol–water partition coefficient (Wildman–Crippen LogP) is 4.07. The largest absolute Gasteiger partial charge is 0.497 e. The monoisotopic (exact) mass is 407 g/mol. The molecule has 0 aliphatic carbocycles. The summed E-state index contributed by atoms with van der Waals surface area (Å²) in [6, 6.07) is 13.2. The Hall–Kier alpha value is -3.26. The van der Waals surface area contributed by atoms with Crippen LogP contribution in [0.15, 0.2) is 48.7 Å². The molecule has 0 spiro atoms. The van der Waals surface area contributed by atoms with Crippen LogP contribution < -0.4 is 9.64 Å². The van der Waals surface area contributed by atoms with Gasteiger partial charge in [-0.1, -0.05) is 17.4 Å². The average molecular weight is 407 g/mol. The molecule has 3 aromatic heterocycles. The summed E-state index contributed by atoms with van der Waals surface area (Å²) in [5.74, 6) is 0.610. The number of methoxy groups -OCH3 is 1. The molecule has 0 aliphatic rings. The van der Waals surface area contributed by atoms with Crippen molar-refractivity contribution in [2.24, 2.45) is 0 Å². The number of ether oxygens (including phenoxy) is 1. The van der Waals surface area contributed by atoms with Gasteiger partial charge in [0.05, 0.1) is 35.3 Å². The second-order valence-corrected chi connectivity index (χ2v) is 7.54. The fourth-order valence-corrected chi connectivity index (χ4v) is 4.10. The van der Waals surface area contributed by atoms with Crippen LogP contribution in [0.5, 0.6) is 5.75 Å². The Labute approximate surface area is 172 Å². The third-order valence-electron chi connectivity index (χ3n) is 4.53. The van der Waals surface area contributed by atoms with Gasteiger partial charge >= 0.3 is 0 Å². The number of rotatable bonds is 6. The lowest BCUT2D eigenvalue weighted by Gasteiger charge is -2.19. The lowest BCUT2D eigenvalue weighted by atomic mass is 10.3. The number of thiazole rings is 1. The lowest BCUT2D eigenvalue weighted by Crippen LogP contribution is -2.32. The first-order chi connectivity index (χ1) is 14.1. The molecule has 0 bridgehead atoms. The van der Waals surface area contributed by atoms with E-state index in [9.17, 15) is 4.79 Å². The van der Waals surface area contributed by atoms with Crippen molar-refractivity contribution in [1.29, 1.82) is 0 Å². The Bertz CT molecular complexity index is 1150. The number of carbonyl (C=O) groups is 1. The maximum absolute atomic E-state index is 13.5. The van der Waals surface area contributed by atoms with Crippen molar-refractivity contribution in [3.8, 4) is 5.75 Å². The van der Waals surface area contributed by atoms with Crippen LogP contribution in [0, 0.1) is 6.92 Å². The smallest absolute Gasteiger partial charge is 0.278 e. The summed E-state index contributed by atoms with van der Waals surface area (Å²) >= 11 is 1.45. The highest BCUT2D eigenvalue weighted by Gasteiger charge is 2.25.